The fraction of sp³-hybridized carbons (Fsp3) is 0.526. The van der Waals surface area contributed by atoms with Gasteiger partial charge in [-0.1, -0.05) is 29.8 Å². The Balaban J connectivity index is 1.78. The van der Waals surface area contributed by atoms with Gasteiger partial charge in [0.15, 0.2) is 0 Å². The van der Waals surface area contributed by atoms with Gasteiger partial charge in [-0.25, -0.2) is 0 Å². The second-order valence-corrected chi connectivity index (χ2v) is 6.72. The fourth-order valence-electron chi connectivity index (χ4n) is 2.86. The van der Waals surface area contributed by atoms with Crippen molar-refractivity contribution in [2.45, 2.75) is 13.0 Å². The Bertz CT molecular complexity index is 565. The molecule has 1 fully saturated rings. The molecule has 1 unspecified atom stereocenters. The van der Waals surface area contributed by atoms with Crippen LogP contribution in [-0.2, 0) is 4.79 Å². The average molecular weight is 331 g/mol. The summed E-state index contributed by atoms with van der Waals surface area (Å²) in [5.74, 6) is -0.0890. The fourth-order valence-corrected chi connectivity index (χ4v) is 2.86. The number of piperazine rings is 1. The molecule has 0 aromatic heterocycles. The molecule has 1 atom stereocenters. The topological polar surface area (TPSA) is 47.0 Å². The van der Waals surface area contributed by atoms with Gasteiger partial charge >= 0.3 is 0 Å². The first-order chi connectivity index (χ1) is 11.4. The third-order valence-electron chi connectivity index (χ3n) is 4.39. The highest BCUT2D eigenvalue weighted by atomic mass is 16.3. The predicted molar refractivity (Wildman–Crippen MR) is 97.8 cm³/mol. The largest absolute Gasteiger partial charge is 0.390 e. The smallest absolute Gasteiger partial charge is 0.246 e. The summed E-state index contributed by atoms with van der Waals surface area (Å²) in [6, 6.07) is 8.01. The van der Waals surface area contributed by atoms with Crippen LogP contribution in [0.3, 0.4) is 0 Å². The van der Waals surface area contributed by atoms with Crippen molar-refractivity contribution in [2.75, 3.05) is 53.4 Å². The first-order valence-corrected chi connectivity index (χ1v) is 8.53. The molecular weight excluding hydrogens is 302 g/mol. The Morgan fingerprint density at radius 3 is 2.71 bits per heavy atom. The number of benzene rings is 1. The van der Waals surface area contributed by atoms with Crippen molar-refractivity contribution in [1.29, 1.82) is 0 Å². The monoisotopic (exact) mass is 331 g/mol. The molecular formula is C19H29N3O2. The summed E-state index contributed by atoms with van der Waals surface area (Å²) in [7, 11) is 3.84. The Morgan fingerprint density at radius 1 is 1.33 bits per heavy atom. The first kappa shape index (κ1) is 18.6. The van der Waals surface area contributed by atoms with E-state index < -0.39 is 6.10 Å². The minimum Gasteiger partial charge on any atom is -0.390 e. The maximum atomic E-state index is 12.2. The first-order valence-electron chi connectivity index (χ1n) is 8.53. The van der Waals surface area contributed by atoms with E-state index in [0.717, 1.165) is 31.7 Å². The average Bonchev–Trinajstić information content (AvgIpc) is 2.54. The van der Waals surface area contributed by atoms with E-state index in [9.17, 15) is 9.90 Å². The van der Waals surface area contributed by atoms with E-state index in [0.29, 0.717) is 13.1 Å². The number of aryl methyl sites for hydroxylation is 1. The highest BCUT2D eigenvalue weighted by molar-refractivity contribution is 5.91. The van der Waals surface area contributed by atoms with Gasteiger partial charge in [0.1, 0.15) is 0 Å². The second-order valence-electron chi connectivity index (χ2n) is 6.72. The zero-order valence-corrected chi connectivity index (χ0v) is 15.0. The lowest BCUT2D eigenvalue weighted by Crippen LogP contribution is -2.48. The zero-order valence-electron chi connectivity index (χ0n) is 15.0. The molecule has 0 saturated carbocycles. The van der Waals surface area contributed by atoms with Crippen LogP contribution in [0.15, 0.2) is 30.3 Å². The second kappa shape index (κ2) is 8.97. The normalized spacial score (nSPS) is 18.0. The molecule has 1 aliphatic heterocycles. The Hall–Kier alpha value is -1.69. The number of carbonyl (C=O) groups excluding carboxylic acids is 1. The van der Waals surface area contributed by atoms with Gasteiger partial charge < -0.3 is 14.9 Å². The number of aliphatic hydroxyl groups is 1. The minimum atomic E-state index is -0.519. The zero-order chi connectivity index (χ0) is 17.5. The lowest BCUT2D eigenvalue weighted by molar-refractivity contribution is -0.126. The number of rotatable bonds is 6. The van der Waals surface area contributed by atoms with Crippen LogP contribution in [0.2, 0.25) is 0 Å². The van der Waals surface area contributed by atoms with Gasteiger partial charge in [0.05, 0.1) is 6.10 Å². The molecule has 0 radical (unpaired) electrons. The van der Waals surface area contributed by atoms with E-state index >= 15 is 0 Å². The van der Waals surface area contributed by atoms with Crippen LogP contribution >= 0.6 is 0 Å². The number of aliphatic hydroxyl groups excluding tert-OH is 1. The van der Waals surface area contributed by atoms with Gasteiger partial charge in [-0.05, 0) is 25.6 Å². The van der Waals surface area contributed by atoms with Crippen molar-refractivity contribution in [3.05, 3.63) is 41.5 Å². The summed E-state index contributed by atoms with van der Waals surface area (Å²) >= 11 is 0. The van der Waals surface area contributed by atoms with Crippen molar-refractivity contribution >= 4 is 12.0 Å². The van der Waals surface area contributed by atoms with Gasteiger partial charge in [-0.3, -0.25) is 9.69 Å². The Labute approximate surface area is 145 Å². The van der Waals surface area contributed by atoms with Gasteiger partial charge in [0.25, 0.3) is 0 Å². The molecule has 5 nitrogen and oxygen atoms in total. The number of hydrogen-bond donors (Lipinski definition) is 1. The van der Waals surface area contributed by atoms with Crippen molar-refractivity contribution in [3.63, 3.8) is 0 Å². The van der Waals surface area contributed by atoms with Gasteiger partial charge in [0.2, 0.25) is 5.91 Å². The third kappa shape index (κ3) is 6.07. The molecule has 5 heteroatoms. The number of β-amino-alcohol motifs (C(OH)–C–C–N with tert-alkyl or cyclic N) is 1. The number of carbonyl (C=O) groups is 1. The predicted octanol–water partition coefficient (Wildman–Crippen LogP) is 1.07. The van der Waals surface area contributed by atoms with Crippen LogP contribution in [0.4, 0.5) is 0 Å². The molecule has 1 aliphatic rings. The molecule has 1 N–H and O–H groups in total. The van der Waals surface area contributed by atoms with Crippen LogP contribution in [-0.4, -0.2) is 85.2 Å². The van der Waals surface area contributed by atoms with E-state index in [2.05, 4.69) is 16.8 Å². The molecule has 1 saturated heterocycles. The SMILES string of the molecule is Cc1cccc(/C=C/C(=O)N(C)CC(O)CN2CCN(C)CC2)c1. The minimum absolute atomic E-state index is 0.0890. The van der Waals surface area contributed by atoms with E-state index in [1.165, 1.54) is 5.56 Å². The van der Waals surface area contributed by atoms with Crippen LogP contribution in [0.5, 0.6) is 0 Å². The van der Waals surface area contributed by atoms with Gasteiger partial charge in [-0.2, -0.15) is 0 Å². The molecule has 132 valence electrons. The summed E-state index contributed by atoms with van der Waals surface area (Å²) in [5, 5.41) is 10.2. The molecule has 0 bridgehead atoms. The van der Waals surface area contributed by atoms with Gasteiger partial charge in [0, 0.05) is 52.4 Å². The Kier molecular flexibility index (Phi) is 6.97. The number of hydrogen-bond acceptors (Lipinski definition) is 4. The maximum Gasteiger partial charge on any atom is 0.246 e. The highest BCUT2D eigenvalue weighted by Gasteiger charge is 2.18. The molecule has 24 heavy (non-hydrogen) atoms. The van der Waals surface area contributed by atoms with E-state index in [4.69, 9.17) is 0 Å². The maximum absolute atomic E-state index is 12.2. The molecule has 2 rings (SSSR count). The lowest BCUT2D eigenvalue weighted by atomic mass is 10.1. The van der Waals surface area contributed by atoms with Crippen molar-refractivity contribution in [2.24, 2.45) is 0 Å². The van der Waals surface area contributed by atoms with E-state index in [-0.39, 0.29) is 5.91 Å². The van der Waals surface area contributed by atoms with Crippen molar-refractivity contribution < 1.29 is 9.90 Å². The van der Waals surface area contributed by atoms with E-state index in [1.54, 1.807) is 18.0 Å². The van der Waals surface area contributed by atoms with Crippen molar-refractivity contribution in [3.8, 4) is 0 Å². The molecule has 1 aromatic rings. The Morgan fingerprint density at radius 2 is 2.04 bits per heavy atom. The molecule has 0 spiro atoms. The lowest BCUT2D eigenvalue weighted by Gasteiger charge is -2.34. The number of likely N-dealkylation sites (N-methyl/N-ethyl adjacent to an activating group) is 2. The van der Waals surface area contributed by atoms with Crippen LogP contribution in [0.25, 0.3) is 6.08 Å². The molecule has 1 heterocycles. The van der Waals surface area contributed by atoms with Crippen LogP contribution in [0.1, 0.15) is 11.1 Å². The third-order valence-corrected chi connectivity index (χ3v) is 4.39. The summed E-state index contributed by atoms with van der Waals surface area (Å²) < 4.78 is 0. The standard InChI is InChI=1S/C19H29N3O2/c1-16-5-4-6-17(13-16)7-8-19(24)21(3)14-18(23)15-22-11-9-20(2)10-12-22/h4-8,13,18,23H,9-12,14-15H2,1-3H3/b8-7+. The van der Waals surface area contributed by atoms with Crippen LogP contribution in [0, 0.1) is 6.92 Å². The van der Waals surface area contributed by atoms with E-state index in [1.807, 2.05) is 37.3 Å². The number of amides is 1. The summed E-state index contributed by atoms with van der Waals surface area (Å²) in [6.45, 7) is 6.99. The van der Waals surface area contributed by atoms with Gasteiger partial charge in [-0.15, -0.1) is 0 Å². The molecule has 1 aromatic carbocycles. The molecule has 0 aliphatic carbocycles. The quantitative estimate of drug-likeness (QED) is 0.793. The summed E-state index contributed by atoms with van der Waals surface area (Å²) in [5.41, 5.74) is 2.18. The highest BCUT2D eigenvalue weighted by Crippen LogP contribution is 2.06. The van der Waals surface area contributed by atoms with Crippen molar-refractivity contribution in [1.82, 2.24) is 14.7 Å². The molecule has 1 amide bonds. The number of nitrogens with zero attached hydrogens (tertiary/aromatic N) is 3. The summed E-state index contributed by atoms with van der Waals surface area (Å²) in [4.78, 5) is 18.3. The summed E-state index contributed by atoms with van der Waals surface area (Å²) in [6.07, 6.45) is 2.87. The van der Waals surface area contributed by atoms with Crippen LogP contribution < -0.4 is 0 Å².